The van der Waals surface area contributed by atoms with Gasteiger partial charge in [0.1, 0.15) is 24.4 Å². The molecule has 1 fully saturated rings. The average Bonchev–Trinajstić information content (AvgIpc) is 3.12. The first-order valence-corrected chi connectivity index (χ1v) is 21.2. The van der Waals surface area contributed by atoms with E-state index in [9.17, 15) is 30.3 Å². The zero-order valence-corrected chi connectivity index (χ0v) is 32.4. The van der Waals surface area contributed by atoms with E-state index in [0.29, 0.717) is 6.42 Å². The lowest BCUT2D eigenvalue weighted by Gasteiger charge is -2.40. The molecule has 1 heterocycles. The third-order valence-corrected chi connectivity index (χ3v) is 10.5. The highest BCUT2D eigenvalue weighted by atomic mass is 16.7. The maximum absolute atomic E-state index is 12.1. The Balaban J connectivity index is 1.95. The molecule has 7 unspecified atom stereocenters. The molecule has 7 atom stereocenters. The van der Waals surface area contributed by atoms with Gasteiger partial charge in [0, 0.05) is 6.42 Å². The highest BCUT2D eigenvalue weighted by Crippen LogP contribution is 2.23. The maximum atomic E-state index is 12.1. The Labute approximate surface area is 306 Å². The Kier molecular flexibility index (Phi) is 31.0. The molecule has 298 valence electrons. The highest BCUT2D eigenvalue weighted by Gasteiger charge is 2.44. The second-order valence-corrected chi connectivity index (χ2v) is 15.1. The zero-order valence-electron chi connectivity index (χ0n) is 32.4. The summed E-state index contributed by atoms with van der Waals surface area (Å²) in [5, 5.41) is 53.1. The van der Waals surface area contributed by atoms with Gasteiger partial charge < -0.3 is 40.3 Å². The van der Waals surface area contributed by atoms with Gasteiger partial charge in [-0.05, 0) is 6.42 Å². The molecular formula is C41H81NO8. The minimum atomic E-state index is -1.54. The molecule has 50 heavy (non-hydrogen) atoms. The van der Waals surface area contributed by atoms with Gasteiger partial charge in [-0.15, -0.1) is 0 Å². The van der Waals surface area contributed by atoms with Crippen LogP contribution in [0.3, 0.4) is 0 Å². The summed E-state index contributed by atoms with van der Waals surface area (Å²) in [6.07, 6.45) is 29.4. The minimum Gasteiger partial charge on any atom is -0.394 e. The minimum absolute atomic E-state index is 0.144. The van der Waals surface area contributed by atoms with Gasteiger partial charge in [-0.25, -0.2) is 0 Å². The van der Waals surface area contributed by atoms with Crippen LogP contribution in [0.4, 0.5) is 0 Å². The SMILES string of the molecule is CCCCCCCCCCCCCCCCCCCCCCCCCCCCCC(O)C(COC1OC(CO)C(O)C(O)C1O)NC(=O)CC. The first kappa shape index (κ1) is 47.2. The van der Waals surface area contributed by atoms with Crippen LogP contribution < -0.4 is 5.32 Å². The number of hydrogen-bond donors (Lipinski definition) is 6. The largest absolute Gasteiger partial charge is 0.394 e. The molecule has 9 nitrogen and oxygen atoms in total. The van der Waals surface area contributed by atoms with Crippen LogP contribution in [-0.4, -0.2) is 87.5 Å². The average molecular weight is 716 g/mol. The van der Waals surface area contributed by atoms with Gasteiger partial charge in [0.05, 0.1) is 25.4 Å². The molecule has 9 heteroatoms. The van der Waals surface area contributed by atoms with Crippen molar-refractivity contribution in [1.29, 1.82) is 0 Å². The number of nitrogens with one attached hydrogen (secondary N) is 1. The Morgan fingerprint density at radius 1 is 0.600 bits per heavy atom. The Bertz CT molecular complexity index is 756. The summed E-state index contributed by atoms with van der Waals surface area (Å²) in [4.78, 5) is 12.1. The predicted octanol–water partition coefficient (Wildman–Crippen LogP) is 8.00. The number of aliphatic hydroxyl groups is 5. The van der Waals surface area contributed by atoms with E-state index in [4.69, 9.17) is 9.47 Å². The van der Waals surface area contributed by atoms with E-state index in [0.717, 1.165) is 19.3 Å². The fraction of sp³-hybridized carbons (Fsp3) is 0.976. The Morgan fingerprint density at radius 2 is 0.980 bits per heavy atom. The molecular weight excluding hydrogens is 634 g/mol. The van der Waals surface area contributed by atoms with E-state index >= 15 is 0 Å². The van der Waals surface area contributed by atoms with Crippen LogP contribution in [0.2, 0.25) is 0 Å². The molecule has 0 aromatic heterocycles. The molecule has 6 N–H and O–H groups in total. The van der Waals surface area contributed by atoms with Gasteiger partial charge >= 0.3 is 0 Å². The number of unbranched alkanes of at least 4 members (excludes halogenated alkanes) is 26. The standard InChI is InChI=1S/C41H81NO8/c1-3-5-6-7-8-9-10-11-12-13-14-15-16-17-18-19-20-21-22-23-24-25-26-27-28-29-30-31-35(44)34(42-37(45)4-2)33-49-41-40(48)39(47)38(46)36(32-43)50-41/h34-36,38-41,43-44,46-48H,3-33H2,1-2H3,(H,42,45). The van der Waals surface area contributed by atoms with E-state index < -0.39 is 49.5 Å². The molecule has 1 amide bonds. The molecule has 0 spiro atoms. The summed E-state index contributed by atoms with van der Waals surface area (Å²) in [7, 11) is 0. The van der Waals surface area contributed by atoms with Crippen molar-refractivity contribution < 1.29 is 39.8 Å². The number of rotatable bonds is 35. The fourth-order valence-corrected chi connectivity index (χ4v) is 7.01. The molecule has 1 aliphatic rings. The molecule has 0 bridgehead atoms. The first-order valence-electron chi connectivity index (χ1n) is 21.2. The number of amides is 1. The molecule has 0 radical (unpaired) electrons. The number of aliphatic hydroxyl groups excluding tert-OH is 5. The van der Waals surface area contributed by atoms with Gasteiger partial charge in [0.2, 0.25) is 5.91 Å². The van der Waals surface area contributed by atoms with Gasteiger partial charge in [-0.2, -0.15) is 0 Å². The zero-order chi connectivity index (χ0) is 36.7. The van der Waals surface area contributed by atoms with Crippen molar-refractivity contribution >= 4 is 5.91 Å². The first-order chi connectivity index (χ1) is 24.3. The topological polar surface area (TPSA) is 149 Å². The molecule has 1 saturated heterocycles. The second-order valence-electron chi connectivity index (χ2n) is 15.1. The van der Waals surface area contributed by atoms with Crippen LogP contribution in [0.15, 0.2) is 0 Å². The fourth-order valence-electron chi connectivity index (χ4n) is 7.01. The summed E-state index contributed by atoms with van der Waals surface area (Å²) in [6.45, 7) is 3.31. The predicted molar refractivity (Wildman–Crippen MR) is 203 cm³/mol. The molecule has 0 saturated carbocycles. The second kappa shape index (κ2) is 32.8. The summed E-state index contributed by atoms with van der Waals surface area (Å²) in [5.41, 5.74) is 0. The number of hydrogen-bond acceptors (Lipinski definition) is 8. The van der Waals surface area contributed by atoms with Crippen LogP contribution in [0, 0.1) is 0 Å². The van der Waals surface area contributed by atoms with E-state index in [1.54, 1.807) is 6.92 Å². The lowest BCUT2D eigenvalue weighted by molar-refractivity contribution is -0.302. The molecule has 1 rings (SSSR count). The molecule has 0 aliphatic carbocycles. The molecule has 0 aromatic rings. The van der Waals surface area contributed by atoms with Gasteiger partial charge in [-0.3, -0.25) is 4.79 Å². The third-order valence-electron chi connectivity index (χ3n) is 10.5. The summed E-state index contributed by atoms with van der Waals surface area (Å²) < 4.78 is 11.0. The Hall–Kier alpha value is -0.810. The van der Waals surface area contributed by atoms with Gasteiger partial charge in [-0.1, -0.05) is 187 Å². The quantitative estimate of drug-likeness (QED) is 0.0362. The van der Waals surface area contributed by atoms with Crippen LogP contribution in [0.5, 0.6) is 0 Å². The number of carbonyl (C=O) groups is 1. The van der Waals surface area contributed by atoms with Crippen LogP contribution >= 0.6 is 0 Å². The number of carbonyl (C=O) groups excluding carboxylic acids is 1. The summed E-state index contributed by atoms with van der Waals surface area (Å²) in [5.74, 6) is -0.230. The van der Waals surface area contributed by atoms with E-state index in [2.05, 4.69) is 12.2 Å². The van der Waals surface area contributed by atoms with Crippen molar-refractivity contribution in [3.05, 3.63) is 0 Å². The monoisotopic (exact) mass is 716 g/mol. The van der Waals surface area contributed by atoms with Crippen LogP contribution in [0.25, 0.3) is 0 Å². The smallest absolute Gasteiger partial charge is 0.220 e. The molecule has 0 aromatic carbocycles. The van der Waals surface area contributed by atoms with Crippen molar-refractivity contribution in [1.82, 2.24) is 5.32 Å². The molecule has 1 aliphatic heterocycles. The Morgan fingerprint density at radius 3 is 1.34 bits per heavy atom. The van der Waals surface area contributed by atoms with Gasteiger partial charge in [0.15, 0.2) is 6.29 Å². The maximum Gasteiger partial charge on any atom is 0.220 e. The number of ether oxygens (including phenoxy) is 2. The van der Waals surface area contributed by atoms with E-state index in [-0.39, 0.29) is 18.9 Å². The lowest BCUT2D eigenvalue weighted by atomic mass is 9.99. The lowest BCUT2D eigenvalue weighted by Crippen LogP contribution is -2.60. The van der Waals surface area contributed by atoms with Crippen molar-refractivity contribution in [2.75, 3.05) is 13.2 Å². The van der Waals surface area contributed by atoms with Crippen molar-refractivity contribution in [2.24, 2.45) is 0 Å². The normalized spacial score (nSPS) is 22.1. The third kappa shape index (κ3) is 23.7. The van der Waals surface area contributed by atoms with E-state index in [1.165, 1.54) is 154 Å². The van der Waals surface area contributed by atoms with Crippen molar-refractivity contribution in [3.8, 4) is 0 Å². The van der Waals surface area contributed by atoms with E-state index in [1.807, 2.05) is 0 Å². The summed E-state index contributed by atoms with van der Waals surface area (Å²) in [6, 6.07) is -0.709. The van der Waals surface area contributed by atoms with Crippen molar-refractivity contribution in [2.45, 2.75) is 243 Å². The van der Waals surface area contributed by atoms with Crippen LogP contribution in [0.1, 0.15) is 200 Å². The highest BCUT2D eigenvalue weighted by molar-refractivity contribution is 5.75. The van der Waals surface area contributed by atoms with Gasteiger partial charge in [0.25, 0.3) is 0 Å². The van der Waals surface area contributed by atoms with Crippen LogP contribution in [-0.2, 0) is 14.3 Å². The van der Waals surface area contributed by atoms with Crippen molar-refractivity contribution in [3.63, 3.8) is 0 Å². The summed E-state index contributed by atoms with van der Waals surface area (Å²) >= 11 is 0.